The Balaban J connectivity index is 1.57. The summed E-state index contributed by atoms with van der Waals surface area (Å²) < 4.78 is 18.1. The molecule has 0 atom stereocenters. The van der Waals surface area contributed by atoms with E-state index in [4.69, 9.17) is 4.74 Å². The van der Waals surface area contributed by atoms with E-state index in [1.807, 2.05) is 0 Å². The lowest BCUT2D eigenvalue weighted by Crippen LogP contribution is -2.01. The second-order valence-corrected chi connectivity index (χ2v) is 6.30. The number of benzene rings is 2. The lowest BCUT2D eigenvalue weighted by Gasteiger charge is -1.99. The zero-order chi connectivity index (χ0) is 19.2. The van der Waals surface area contributed by atoms with Gasteiger partial charge in [-0.05, 0) is 35.9 Å². The first-order chi connectivity index (χ1) is 13.0. The maximum atomic E-state index is 13.0. The van der Waals surface area contributed by atoms with Crippen LogP contribution >= 0.6 is 11.3 Å². The van der Waals surface area contributed by atoms with Crippen LogP contribution in [0, 0.1) is 15.9 Å². The van der Waals surface area contributed by atoms with Crippen molar-refractivity contribution in [3.63, 3.8) is 0 Å². The second-order valence-electron chi connectivity index (χ2n) is 5.44. The lowest BCUT2D eigenvalue weighted by atomic mass is 10.2. The topological polar surface area (TPSA) is 82.3 Å². The highest BCUT2D eigenvalue weighted by molar-refractivity contribution is 7.13. The van der Waals surface area contributed by atoms with Crippen molar-refractivity contribution in [1.82, 2.24) is 4.98 Å². The number of esters is 1. The maximum Gasteiger partial charge on any atom is 0.331 e. The molecule has 0 saturated heterocycles. The summed E-state index contributed by atoms with van der Waals surface area (Å²) in [5.41, 5.74) is 1.83. The largest absolute Gasteiger partial charge is 0.456 e. The molecule has 0 aliphatic heterocycles. The molecule has 0 fully saturated rings. The molecule has 8 heteroatoms. The fourth-order valence-corrected chi connectivity index (χ4v) is 3.01. The number of nitro groups is 1. The number of hydrogen-bond acceptors (Lipinski definition) is 6. The molecule has 0 saturated carbocycles. The Morgan fingerprint density at radius 1 is 1.26 bits per heavy atom. The normalized spacial score (nSPS) is 10.9. The number of nitro benzene ring substituents is 1. The quantitative estimate of drug-likeness (QED) is 0.268. The van der Waals surface area contributed by atoms with Crippen molar-refractivity contribution < 1.29 is 18.8 Å². The molecule has 0 bridgehead atoms. The van der Waals surface area contributed by atoms with Crippen LogP contribution < -0.4 is 0 Å². The molecular weight excluding hydrogens is 371 g/mol. The average Bonchev–Trinajstić information content (AvgIpc) is 3.14. The average molecular weight is 384 g/mol. The predicted octanol–water partition coefficient (Wildman–Crippen LogP) is 4.61. The van der Waals surface area contributed by atoms with Crippen molar-refractivity contribution in [2.24, 2.45) is 0 Å². The van der Waals surface area contributed by atoms with Crippen molar-refractivity contribution in [3.05, 3.63) is 87.2 Å². The zero-order valence-electron chi connectivity index (χ0n) is 13.9. The van der Waals surface area contributed by atoms with Gasteiger partial charge in [-0.25, -0.2) is 14.2 Å². The molecule has 0 spiro atoms. The monoisotopic (exact) mass is 384 g/mol. The summed E-state index contributed by atoms with van der Waals surface area (Å²) in [6.45, 7) is -0.00416. The number of nitrogens with zero attached hydrogens (tertiary/aromatic N) is 2. The van der Waals surface area contributed by atoms with Crippen molar-refractivity contribution in [3.8, 4) is 10.6 Å². The molecule has 0 amide bonds. The van der Waals surface area contributed by atoms with Crippen LogP contribution in [0.15, 0.2) is 60.0 Å². The van der Waals surface area contributed by atoms with Gasteiger partial charge in [-0.1, -0.05) is 12.1 Å². The van der Waals surface area contributed by atoms with E-state index in [9.17, 15) is 19.3 Å². The smallest absolute Gasteiger partial charge is 0.331 e. The minimum atomic E-state index is -0.585. The Hall–Kier alpha value is -3.39. The molecule has 3 rings (SSSR count). The maximum absolute atomic E-state index is 13.0. The Kier molecular flexibility index (Phi) is 5.68. The molecule has 0 aliphatic carbocycles. The van der Waals surface area contributed by atoms with Crippen LogP contribution in [-0.2, 0) is 16.1 Å². The Labute approximate surface area is 157 Å². The number of aromatic nitrogens is 1. The molecule has 6 nitrogen and oxygen atoms in total. The number of carbonyl (C=O) groups excluding carboxylic acids is 1. The van der Waals surface area contributed by atoms with Gasteiger partial charge in [-0.2, -0.15) is 0 Å². The minimum absolute atomic E-state index is 0.00416. The molecule has 0 aliphatic rings. The van der Waals surface area contributed by atoms with E-state index in [0.717, 1.165) is 5.56 Å². The summed E-state index contributed by atoms with van der Waals surface area (Å²) in [6, 6.07) is 11.9. The van der Waals surface area contributed by atoms with Gasteiger partial charge in [0.25, 0.3) is 5.69 Å². The van der Waals surface area contributed by atoms with E-state index >= 15 is 0 Å². The Morgan fingerprint density at radius 3 is 2.78 bits per heavy atom. The first kappa shape index (κ1) is 18.4. The highest BCUT2D eigenvalue weighted by Gasteiger charge is 2.07. The molecule has 0 radical (unpaired) electrons. The van der Waals surface area contributed by atoms with Crippen LogP contribution in [0.5, 0.6) is 0 Å². The van der Waals surface area contributed by atoms with Gasteiger partial charge in [0.15, 0.2) is 0 Å². The first-order valence-corrected chi connectivity index (χ1v) is 8.69. The van der Waals surface area contributed by atoms with Crippen molar-refractivity contribution in [2.45, 2.75) is 6.61 Å². The van der Waals surface area contributed by atoms with Gasteiger partial charge in [0.05, 0.1) is 10.6 Å². The highest BCUT2D eigenvalue weighted by Crippen LogP contribution is 2.24. The summed E-state index contributed by atoms with van der Waals surface area (Å²) in [7, 11) is 0. The molecular formula is C19H13FN2O4S. The summed E-state index contributed by atoms with van der Waals surface area (Å²) in [5, 5.41) is 13.2. The molecule has 0 unspecified atom stereocenters. The van der Waals surface area contributed by atoms with Crippen LogP contribution in [0.2, 0.25) is 0 Å². The van der Waals surface area contributed by atoms with Crippen LogP contribution in [-0.4, -0.2) is 15.9 Å². The van der Waals surface area contributed by atoms with Gasteiger partial charge in [0, 0.05) is 29.2 Å². The number of thiazole rings is 1. The number of non-ortho nitro benzene ring substituents is 1. The minimum Gasteiger partial charge on any atom is -0.456 e. The number of rotatable bonds is 6. The summed E-state index contributed by atoms with van der Waals surface area (Å²) >= 11 is 1.37. The Bertz CT molecular complexity index is 999. The third-order valence-corrected chi connectivity index (χ3v) is 4.44. The van der Waals surface area contributed by atoms with Crippen molar-refractivity contribution >= 4 is 29.1 Å². The Morgan fingerprint density at radius 2 is 2.04 bits per heavy atom. The summed E-state index contributed by atoms with van der Waals surface area (Å²) in [6.07, 6.45) is 2.65. The van der Waals surface area contributed by atoms with Gasteiger partial charge < -0.3 is 4.74 Å². The fraction of sp³-hybridized carbons (Fsp3) is 0.0526. The predicted molar refractivity (Wildman–Crippen MR) is 99.4 cm³/mol. The third kappa shape index (κ3) is 5.05. The molecule has 1 aromatic heterocycles. The molecule has 1 heterocycles. The molecule has 3 aromatic rings. The molecule has 27 heavy (non-hydrogen) atoms. The first-order valence-electron chi connectivity index (χ1n) is 7.81. The fourth-order valence-electron chi connectivity index (χ4n) is 2.20. The van der Waals surface area contributed by atoms with Gasteiger partial charge >= 0.3 is 5.97 Å². The van der Waals surface area contributed by atoms with Crippen LogP contribution in [0.1, 0.15) is 11.3 Å². The SMILES string of the molecule is O=C(/C=C/c1cccc([N+](=O)[O-])c1)OCc1csc(-c2ccc(F)cc2)n1. The van der Waals surface area contributed by atoms with E-state index in [0.29, 0.717) is 16.3 Å². The van der Waals surface area contributed by atoms with Gasteiger partial charge in [-0.3, -0.25) is 10.1 Å². The summed E-state index contributed by atoms with van der Waals surface area (Å²) in [4.78, 5) is 26.4. The summed E-state index contributed by atoms with van der Waals surface area (Å²) in [5.74, 6) is -0.905. The van der Waals surface area contributed by atoms with Crippen LogP contribution in [0.3, 0.4) is 0 Å². The van der Waals surface area contributed by atoms with E-state index < -0.39 is 10.9 Å². The van der Waals surface area contributed by atoms with Crippen molar-refractivity contribution in [1.29, 1.82) is 0 Å². The molecule has 136 valence electrons. The third-order valence-electron chi connectivity index (χ3n) is 3.50. The van der Waals surface area contributed by atoms with E-state index in [1.54, 1.807) is 23.6 Å². The number of halogens is 1. The second kappa shape index (κ2) is 8.33. The van der Waals surface area contributed by atoms with Crippen LogP contribution in [0.25, 0.3) is 16.6 Å². The number of carbonyl (C=O) groups is 1. The molecule has 2 aromatic carbocycles. The van der Waals surface area contributed by atoms with E-state index in [2.05, 4.69) is 4.98 Å². The highest BCUT2D eigenvalue weighted by atomic mass is 32.1. The number of ether oxygens (including phenoxy) is 1. The lowest BCUT2D eigenvalue weighted by molar-refractivity contribution is -0.384. The molecule has 0 N–H and O–H groups in total. The number of hydrogen-bond donors (Lipinski definition) is 0. The van der Waals surface area contributed by atoms with Crippen LogP contribution in [0.4, 0.5) is 10.1 Å². The zero-order valence-corrected chi connectivity index (χ0v) is 14.7. The van der Waals surface area contributed by atoms with Crippen molar-refractivity contribution in [2.75, 3.05) is 0 Å². The van der Waals surface area contributed by atoms with Gasteiger partial charge in [0.2, 0.25) is 0 Å². The van der Waals surface area contributed by atoms with Gasteiger partial charge in [-0.15, -0.1) is 11.3 Å². The standard InChI is InChI=1S/C19H13FN2O4S/c20-15-7-5-14(6-8-15)19-21-16(12-27-19)11-26-18(23)9-4-13-2-1-3-17(10-13)22(24)25/h1-10,12H,11H2/b9-4+. The van der Waals surface area contributed by atoms with Gasteiger partial charge in [0.1, 0.15) is 17.4 Å². The van der Waals surface area contributed by atoms with E-state index in [1.165, 1.54) is 53.8 Å². The van der Waals surface area contributed by atoms with E-state index in [-0.39, 0.29) is 18.1 Å².